The van der Waals surface area contributed by atoms with Crippen molar-refractivity contribution in [3.63, 3.8) is 0 Å². The zero-order valence-corrected chi connectivity index (χ0v) is 17.4. The maximum absolute atomic E-state index is 13.2. The lowest BCUT2D eigenvalue weighted by Crippen LogP contribution is -2.26. The quantitative estimate of drug-likeness (QED) is 0.462. The van der Waals surface area contributed by atoms with Gasteiger partial charge in [0.25, 0.3) is 0 Å². The fourth-order valence-corrected chi connectivity index (χ4v) is 3.85. The first kappa shape index (κ1) is 20.8. The number of nitrogens with zero attached hydrogens (tertiary/aromatic N) is 3. The van der Waals surface area contributed by atoms with Gasteiger partial charge in [0, 0.05) is 18.9 Å². The van der Waals surface area contributed by atoms with Crippen molar-refractivity contribution in [3.05, 3.63) is 82.9 Å². The van der Waals surface area contributed by atoms with Crippen LogP contribution in [-0.2, 0) is 17.6 Å². The topological polar surface area (TPSA) is 59.8 Å². The van der Waals surface area contributed by atoms with Gasteiger partial charge in [-0.25, -0.2) is 4.39 Å². The Hall–Kier alpha value is -2.93. The summed E-state index contributed by atoms with van der Waals surface area (Å²) >= 11 is 1.61. The Labute approximate surface area is 174 Å². The summed E-state index contributed by atoms with van der Waals surface area (Å²) < 4.78 is 15.1. The molecule has 0 aliphatic rings. The highest BCUT2D eigenvalue weighted by atomic mass is 32.2. The van der Waals surface area contributed by atoms with Crippen LogP contribution >= 0.6 is 11.8 Å². The van der Waals surface area contributed by atoms with E-state index < -0.39 is 0 Å². The van der Waals surface area contributed by atoms with Crippen LogP contribution in [0.5, 0.6) is 0 Å². The van der Waals surface area contributed by atoms with Crippen molar-refractivity contribution < 1.29 is 9.18 Å². The van der Waals surface area contributed by atoms with E-state index in [1.165, 1.54) is 29.3 Å². The number of rotatable bonds is 7. The molecule has 0 radical (unpaired) electrons. The molecule has 0 saturated carbocycles. The average Bonchev–Trinajstić information content (AvgIpc) is 3.06. The van der Waals surface area contributed by atoms with Crippen molar-refractivity contribution >= 4 is 23.7 Å². The summed E-state index contributed by atoms with van der Waals surface area (Å²) in [6.45, 7) is 3.95. The largest absolute Gasteiger partial charge is 0.343 e. The molecule has 1 atom stereocenters. The molecule has 2 aromatic carbocycles. The van der Waals surface area contributed by atoms with Crippen molar-refractivity contribution in [2.75, 3.05) is 0 Å². The predicted octanol–water partition coefficient (Wildman–Crippen LogP) is 4.45. The maximum atomic E-state index is 13.2. The Morgan fingerprint density at radius 3 is 2.79 bits per heavy atom. The van der Waals surface area contributed by atoms with Gasteiger partial charge in [0.15, 0.2) is 11.0 Å². The molecular weight excluding hydrogens is 387 g/mol. The van der Waals surface area contributed by atoms with E-state index in [-0.39, 0.29) is 17.8 Å². The lowest BCUT2D eigenvalue weighted by Gasteiger charge is -2.12. The van der Waals surface area contributed by atoms with Gasteiger partial charge in [-0.05, 0) is 48.7 Å². The fraction of sp³-hybridized carbons (Fsp3) is 0.227. The molecule has 0 bridgehead atoms. The maximum Gasteiger partial charge on any atom is 0.244 e. The fourth-order valence-electron chi connectivity index (χ4n) is 2.85. The Bertz CT molecular complexity index is 1030. The van der Waals surface area contributed by atoms with Crippen molar-refractivity contribution in [3.8, 4) is 0 Å². The van der Waals surface area contributed by atoms with Gasteiger partial charge in [0.05, 0.1) is 6.04 Å². The number of thioether (sulfide) groups is 1. The van der Waals surface area contributed by atoms with E-state index in [1.807, 2.05) is 30.7 Å². The van der Waals surface area contributed by atoms with Crippen LogP contribution in [0.3, 0.4) is 0 Å². The number of aryl methyl sites for hydroxylation is 1. The van der Waals surface area contributed by atoms with Gasteiger partial charge in [0.1, 0.15) is 5.82 Å². The highest BCUT2D eigenvalue weighted by Gasteiger charge is 2.17. The lowest BCUT2D eigenvalue weighted by molar-refractivity contribution is -0.117. The summed E-state index contributed by atoms with van der Waals surface area (Å²) in [4.78, 5) is 12.2. The summed E-state index contributed by atoms with van der Waals surface area (Å²) in [6, 6.07) is 14.0. The zero-order valence-electron chi connectivity index (χ0n) is 16.6. The third kappa shape index (κ3) is 5.54. The van der Waals surface area contributed by atoms with E-state index in [2.05, 4.69) is 34.6 Å². The molecule has 1 aromatic heterocycles. The van der Waals surface area contributed by atoms with Gasteiger partial charge >= 0.3 is 0 Å². The highest BCUT2D eigenvalue weighted by Crippen LogP contribution is 2.24. The first-order chi connectivity index (χ1) is 13.9. The molecule has 3 aromatic rings. The van der Waals surface area contributed by atoms with E-state index in [0.717, 1.165) is 10.9 Å². The van der Waals surface area contributed by atoms with Crippen molar-refractivity contribution in [2.45, 2.75) is 30.8 Å². The number of halogens is 1. The smallest absolute Gasteiger partial charge is 0.244 e. The second-order valence-electron chi connectivity index (χ2n) is 6.73. The van der Waals surface area contributed by atoms with E-state index in [9.17, 15) is 9.18 Å². The van der Waals surface area contributed by atoms with E-state index in [4.69, 9.17) is 0 Å². The molecule has 29 heavy (non-hydrogen) atoms. The van der Waals surface area contributed by atoms with Gasteiger partial charge < -0.3 is 9.88 Å². The Kier molecular flexibility index (Phi) is 6.82. The van der Waals surface area contributed by atoms with Gasteiger partial charge in [-0.15, -0.1) is 10.2 Å². The Morgan fingerprint density at radius 1 is 1.24 bits per heavy atom. The number of aromatic nitrogens is 3. The lowest BCUT2D eigenvalue weighted by atomic mass is 10.1. The van der Waals surface area contributed by atoms with Crippen molar-refractivity contribution in [1.29, 1.82) is 0 Å². The van der Waals surface area contributed by atoms with Crippen LogP contribution in [0.25, 0.3) is 6.08 Å². The normalized spacial score (nSPS) is 12.3. The number of carbonyl (C=O) groups is 1. The van der Waals surface area contributed by atoms with Gasteiger partial charge in [-0.1, -0.05) is 48.2 Å². The summed E-state index contributed by atoms with van der Waals surface area (Å²) in [6.07, 6.45) is 2.96. The summed E-state index contributed by atoms with van der Waals surface area (Å²) in [5.74, 6) is 0.856. The average molecular weight is 411 g/mol. The summed E-state index contributed by atoms with van der Waals surface area (Å²) in [5.41, 5.74) is 3.13. The number of benzene rings is 2. The number of hydrogen-bond acceptors (Lipinski definition) is 4. The van der Waals surface area contributed by atoms with Crippen LogP contribution in [-0.4, -0.2) is 20.7 Å². The minimum absolute atomic E-state index is 0.279. The second kappa shape index (κ2) is 9.52. The van der Waals surface area contributed by atoms with E-state index >= 15 is 0 Å². The third-order valence-electron chi connectivity index (χ3n) is 4.51. The molecule has 5 nitrogen and oxygen atoms in total. The molecule has 1 N–H and O–H groups in total. The minimum atomic E-state index is -0.337. The monoisotopic (exact) mass is 410 g/mol. The minimum Gasteiger partial charge on any atom is -0.343 e. The molecule has 0 aliphatic carbocycles. The predicted molar refractivity (Wildman–Crippen MR) is 114 cm³/mol. The molecule has 150 valence electrons. The molecule has 1 unspecified atom stereocenters. The summed E-state index contributed by atoms with van der Waals surface area (Å²) in [7, 11) is 1.89. The van der Waals surface area contributed by atoms with Crippen molar-refractivity contribution in [2.24, 2.45) is 7.05 Å². The summed E-state index contributed by atoms with van der Waals surface area (Å²) in [5, 5.41) is 12.2. The van der Waals surface area contributed by atoms with Gasteiger partial charge in [0.2, 0.25) is 5.91 Å². The first-order valence-corrected chi connectivity index (χ1v) is 10.2. The van der Waals surface area contributed by atoms with Crippen LogP contribution in [0.4, 0.5) is 4.39 Å². The zero-order chi connectivity index (χ0) is 20.8. The van der Waals surface area contributed by atoms with E-state index in [1.54, 1.807) is 30.0 Å². The molecule has 7 heteroatoms. The van der Waals surface area contributed by atoms with Gasteiger partial charge in [-0.2, -0.15) is 0 Å². The molecule has 0 aliphatic heterocycles. The van der Waals surface area contributed by atoms with Crippen molar-refractivity contribution in [1.82, 2.24) is 20.1 Å². The van der Waals surface area contributed by atoms with Crippen LogP contribution in [0.2, 0.25) is 0 Å². The number of carbonyl (C=O) groups excluding carboxylic acids is 1. The molecule has 0 fully saturated rings. The number of amides is 1. The molecule has 1 heterocycles. The Balaban J connectivity index is 1.60. The third-order valence-corrected chi connectivity index (χ3v) is 5.58. The molecule has 0 spiro atoms. The first-order valence-electron chi connectivity index (χ1n) is 9.25. The molecule has 3 rings (SSSR count). The SMILES string of the molecule is Cc1ccccc1CSc1nnc(C(C)NC(=O)/C=C/c2cccc(F)c2)n1C. The molecule has 0 saturated heterocycles. The van der Waals surface area contributed by atoms with Gasteiger partial charge in [-0.3, -0.25) is 4.79 Å². The van der Waals surface area contributed by atoms with Crippen LogP contribution in [0.1, 0.15) is 35.5 Å². The van der Waals surface area contributed by atoms with Crippen LogP contribution in [0.15, 0.2) is 59.8 Å². The Morgan fingerprint density at radius 2 is 2.03 bits per heavy atom. The number of nitrogens with one attached hydrogen (secondary N) is 1. The number of hydrogen-bond donors (Lipinski definition) is 1. The highest BCUT2D eigenvalue weighted by molar-refractivity contribution is 7.98. The van der Waals surface area contributed by atoms with Crippen LogP contribution < -0.4 is 5.32 Å². The molecule has 1 amide bonds. The molecular formula is C22H23FN4OS. The second-order valence-corrected chi connectivity index (χ2v) is 7.68. The van der Waals surface area contributed by atoms with E-state index in [0.29, 0.717) is 11.4 Å². The standard InChI is InChI=1S/C22H23FN4OS/c1-15-7-4-5-9-18(15)14-29-22-26-25-21(27(22)3)16(2)24-20(28)12-11-17-8-6-10-19(23)13-17/h4-13,16H,14H2,1-3H3,(H,24,28)/b12-11+. The van der Waals surface area contributed by atoms with Crippen LogP contribution in [0, 0.1) is 12.7 Å².